The molecule has 19 heavy (non-hydrogen) atoms. The number of hydrogen-bond acceptors (Lipinski definition) is 2. The van der Waals surface area contributed by atoms with Gasteiger partial charge in [-0.15, -0.1) is 0 Å². The summed E-state index contributed by atoms with van der Waals surface area (Å²) in [4.78, 5) is 0. The van der Waals surface area contributed by atoms with Gasteiger partial charge in [0.25, 0.3) is 0 Å². The Morgan fingerprint density at radius 2 is 2.05 bits per heavy atom. The number of nitrogens with zero attached hydrogens (tertiary/aromatic N) is 1. The van der Waals surface area contributed by atoms with Crippen LogP contribution in [-0.4, -0.2) is 23.8 Å². The van der Waals surface area contributed by atoms with Gasteiger partial charge in [-0.2, -0.15) is 0 Å². The minimum Gasteiger partial charge on any atom is -0.377 e. The molecule has 0 amide bonds. The van der Waals surface area contributed by atoms with E-state index in [4.69, 9.17) is 4.74 Å². The second-order valence-corrected chi connectivity index (χ2v) is 5.05. The molecule has 0 radical (unpaired) electrons. The van der Waals surface area contributed by atoms with E-state index in [-0.39, 0.29) is 0 Å². The standard InChI is InChI=1S/C16H24N2O/c1-4-17-12-15-11-14-7-5-6-8-16(14)18(15)9-10-19-13(2)3/h5-8,11,13,17H,4,9-10,12H2,1-3H3. The molecule has 104 valence electrons. The highest BCUT2D eigenvalue weighted by Crippen LogP contribution is 2.19. The summed E-state index contributed by atoms with van der Waals surface area (Å²) in [7, 11) is 0. The highest BCUT2D eigenvalue weighted by molar-refractivity contribution is 5.81. The average Bonchev–Trinajstić information content (AvgIpc) is 2.74. The molecule has 0 saturated carbocycles. The molecule has 0 bridgehead atoms. The molecule has 0 aliphatic rings. The van der Waals surface area contributed by atoms with Gasteiger partial charge in [0.1, 0.15) is 0 Å². The molecule has 1 aromatic carbocycles. The van der Waals surface area contributed by atoms with Crippen LogP contribution in [0.3, 0.4) is 0 Å². The van der Waals surface area contributed by atoms with Crippen LogP contribution in [0.2, 0.25) is 0 Å². The van der Waals surface area contributed by atoms with Crippen LogP contribution >= 0.6 is 0 Å². The Morgan fingerprint density at radius 3 is 2.79 bits per heavy atom. The van der Waals surface area contributed by atoms with Crippen LogP contribution < -0.4 is 5.32 Å². The largest absolute Gasteiger partial charge is 0.377 e. The molecule has 1 heterocycles. The van der Waals surface area contributed by atoms with Crippen LogP contribution in [0.25, 0.3) is 10.9 Å². The van der Waals surface area contributed by atoms with Crippen LogP contribution in [0.15, 0.2) is 30.3 Å². The van der Waals surface area contributed by atoms with E-state index in [1.807, 2.05) is 0 Å². The molecule has 0 aliphatic carbocycles. The van der Waals surface area contributed by atoms with Gasteiger partial charge in [-0.05, 0) is 37.9 Å². The Morgan fingerprint density at radius 1 is 1.26 bits per heavy atom. The number of ether oxygens (including phenoxy) is 1. The van der Waals surface area contributed by atoms with E-state index in [1.165, 1.54) is 16.6 Å². The Bertz CT molecular complexity index is 516. The molecular weight excluding hydrogens is 236 g/mol. The van der Waals surface area contributed by atoms with Crippen molar-refractivity contribution in [2.24, 2.45) is 0 Å². The van der Waals surface area contributed by atoms with E-state index in [0.717, 1.165) is 26.2 Å². The van der Waals surface area contributed by atoms with E-state index in [9.17, 15) is 0 Å². The fraction of sp³-hybridized carbons (Fsp3) is 0.500. The highest BCUT2D eigenvalue weighted by atomic mass is 16.5. The monoisotopic (exact) mass is 260 g/mol. The van der Waals surface area contributed by atoms with Crippen molar-refractivity contribution in [2.45, 2.75) is 40.0 Å². The second-order valence-electron chi connectivity index (χ2n) is 5.05. The molecule has 0 fully saturated rings. The van der Waals surface area contributed by atoms with Crippen molar-refractivity contribution in [3.8, 4) is 0 Å². The first-order chi connectivity index (χ1) is 9.22. The number of rotatable bonds is 7. The summed E-state index contributed by atoms with van der Waals surface area (Å²) in [6.45, 7) is 9.86. The van der Waals surface area contributed by atoms with Gasteiger partial charge in [-0.3, -0.25) is 0 Å². The fourth-order valence-corrected chi connectivity index (χ4v) is 2.31. The van der Waals surface area contributed by atoms with Crippen LogP contribution in [0.1, 0.15) is 26.5 Å². The van der Waals surface area contributed by atoms with Crippen molar-refractivity contribution in [1.29, 1.82) is 0 Å². The number of aromatic nitrogens is 1. The molecule has 0 spiro atoms. The topological polar surface area (TPSA) is 26.2 Å². The maximum atomic E-state index is 5.68. The van der Waals surface area contributed by atoms with Crippen molar-refractivity contribution in [3.05, 3.63) is 36.0 Å². The quantitative estimate of drug-likeness (QED) is 0.827. The summed E-state index contributed by atoms with van der Waals surface area (Å²) in [5, 5.41) is 4.71. The third kappa shape index (κ3) is 3.58. The smallest absolute Gasteiger partial charge is 0.0649 e. The van der Waals surface area contributed by atoms with Crippen molar-refractivity contribution >= 4 is 10.9 Å². The maximum Gasteiger partial charge on any atom is 0.0649 e. The van der Waals surface area contributed by atoms with Crippen LogP contribution in [0.5, 0.6) is 0 Å². The lowest BCUT2D eigenvalue weighted by Crippen LogP contribution is -2.17. The molecule has 3 nitrogen and oxygen atoms in total. The van der Waals surface area contributed by atoms with Gasteiger partial charge in [-0.1, -0.05) is 25.1 Å². The third-order valence-corrected chi connectivity index (χ3v) is 3.22. The first kappa shape index (κ1) is 14.1. The molecule has 2 rings (SSSR count). The minimum absolute atomic E-state index is 0.291. The third-order valence-electron chi connectivity index (χ3n) is 3.22. The van der Waals surface area contributed by atoms with E-state index in [0.29, 0.717) is 6.10 Å². The van der Waals surface area contributed by atoms with E-state index < -0.39 is 0 Å². The van der Waals surface area contributed by atoms with Crippen molar-refractivity contribution in [3.63, 3.8) is 0 Å². The normalized spacial score (nSPS) is 11.6. The van der Waals surface area contributed by atoms with E-state index in [1.54, 1.807) is 0 Å². The van der Waals surface area contributed by atoms with Gasteiger partial charge in [0.2, 0.25) is 0 Å². The summed E-state index contributed by atoms with van der Waals surface area (Å²) in [6, 6.07) is 10.8. The van der Waals surface area contributed by atoms with Gasteiger partial charge in [0.05, 0.1) is 12.7 Å². The lowest BCUT2D eigenvalue weighted by molar-refractivity contribution is 0.0729. The maximum absolute atomic E-state index is 5.68. The summed E-state index contributed by atoms with van der Waals surface area (Å²) in [6.07, 6.45) is 0.291. The highest BCUT2D eigenvalue weighted by Gasteiger charge is 2.08. The summed E-state index contributed by atoms with van der Waals surface area (Å²) in [5.74, 6) is 0. The Kier molecular flexibility index (Phi) is 5.00. The Hall–Kier alpha value is -1.32. The average molecular weight is 260 g/mol. The fourth-order valence-electron chi connectivity index (χ4n) is 2.31. The zero-order valence-corrected chi connectivity index (χ0v) is 12.1. The molecule has 1 aromatic heterocycles. The van der Waals surface area contributed by atoms with Gasteiger partial charge < -0.3 is 14.6 Å². The van der Waals surface area contributed by atoms with Crippen molar-refractivity contribution in [1.82, 2.24) is 9.88 Å². The van der Waals surface area contributed by atoms with Gasteiger partial charge in [0, 0.05) is 24.3 Å². The van der Waals surface area contributed by atoms with Crippen LogP contribution in [-0.2, 0) is 17.8 Å². The molecule has 0 aliphatic heterocycles. The first-order valence-electron chi connectivity index (χ1n) is 7.11. The minimum atomic E-state index is 0.291. The molecule has 0 saturated heterocycles. The summed E-state index contributed by atoms with van der Waals surface area (Å²) in [5.41, 5.74) is 2.62. The summed E-state index contributed by atoms with van der Waals surface area (Å²) >= 11 is 0. The Labute approximate surface area is 115 Å². The van der Waals surface area contributed by atoms with Gasteiger partial charge in [0.15, 0.2) is 0 Å². The molecule has 3 heteroatoms. The van der Waals surface area contributed by atoms with E-state index >= 15 is 0 Å². The Balaban J connectivity index is 2.21. The molecule has 0 unspecified atom stereocenters. The van der Waals surface area contributed by atoms with Crippen molar-refractivity contribution in [2.75, 3.05) is 13.2 Å². The second kappa shape index (κ2) is 6.73. The van der Waals surface area contributed by atoms with Crippen LogP contribution in [0, 0.1) is 0 Å². The lowest BCUT2D eigenvalue weighted by Gasteiger charge is -2.13. The molecule has 0 atom stereocenters. The number of nitrogens with one attached hydrogen (secondary N) is 1. The zero-order chi connectivity index (χ0) is 13.7. The van der Waals surface area contributed by atoms with Crippen molar-refractivity contribution < 1.29 is 4.74 Å². The molecule has 2 aromatic rings. The summed E-state index contributed by atoms with van der Waals surface area (Å²) < 4.78 is 8.04. The predicted octanol–water partition coefficient (Wildman–Crippen LogP) is 3.18. The SMILES string of the molecule is CCNCc1cc2ccccc2n1CCOC(C)C. The van der Waals surface area contributed by atoms with Gasteiger partial charge in [-0.25, -0.2) is 0 Å². The number of para-hydroxylation sites is 1. The number of benzene rings is 1. The van der Waals surface area contributed by atoms with Crippen LogP contribution in [0.4, 0.5) is 0 Å². The first-order valence-corrected chi connectivity index (χ1v) is 7.11. The predicted molar refractivity (Wildman–Crippen MR) is 80.4 cm³/mol. The lowest BCUT2D eigenvalue weighted by atomic mass is 10.2. The molecule has 1 N–H and O–H groups in total. The van der Waals surface area contributed by atoms with E-state index in [2.05, 4.69) is 61.0 Å². The molecular formula is C16H24N2O. The zero-order valence-electron chi connectivity index (χ0n) is 12.1. The van der Waals surface area contributed by atoms with Gasteiger partial charge >= 0.3 is 0 Å². The number of hydrogen-bond donors (Lipinski definition) is 1. The number of fused-ring (bicyclic) bond motifs is 1.